The molecule has 0 unspecified atom stereocenters. The average Bonchev–Trinajstić information content (AvgIpc) is 3.09. The van der Waals surface area contributed by atoms with Crippen molar-refractivity contribution in [2.75, 3.05) is 26.3 Å². The maximum absolute atomic E-state index is 12.6. The third-order valence-corrected chi connectivity index (χ3v) is 5.56. The van der Waals surface area contributed by atoms with E-state index < -0.39 is 6.10 Å². The molecule has 8 heteroatoms. The van der Waals surface area contributed by atoms with Gasteiger partial charge in [-0.1, -0.05) is 6.07 Å². The van der Waals surface area contributed by atoms with Gasteiger partial charge < -0.3 is 19.9 Å². The second-order valence-electron chi connectivity index (χ2n) is 6.49. The number of β-amino-alcohol motifs (C(OH)–C–C–N with tert-alkyl or cyclic N) is 1. The number of aromatic nitrogens is 1. The number of carbonyl (C=O) groups is 1. The molecule has 0 spiro atoms. The molecule has 138 valence electrons. The van der Waals surface area contributed by atoms with Gasteiger partial charge >= 0.3 is 0 Å². The number of aliphatic hydroxyl groups excluding tert-OH is 1. The summed E-state index contributed by atoms with van der Waals surface area (Å²) >= 11 is 1.30. The molecule has 7 nitrogen and oxygen atoms in total. The predicted molar refractivity (Wildman–Crippen MR) is 96.7 cm³/mol. The molecule has 1 amide bonds. The molecular weight excluding hydrogens is 354 g/mol. The number of amides is 1. The first-order chi connectivity index (χ1) is 12.7. The fraction of sp³-hybridized carbons (Fsp3) is 0.444. The number of fused-ring (bicyclic) bond motifs is 1. The highest BCUT2D eigenvalue weighted by Crippen LogP contribution is 2.39. The van der Waals surface area contributed by atoms with Crippen LogP contribution < -0.4 is 14.8 Å². The largest absolute Gasteiger partial charge is 0.485 e. The third kappa shape index (κ3) is 3.67. The van der Waals surface area contributed by atoms with Gasteiger partial charge in [0.2, 0.25) is 0 Å². The molecular formula is C18H21N3O4S. The number of pyridine rings is 1. The Labute approximate surface area is 155 Å². The number of piperidine rings is 1. The van der Waals surface area contributed by atoms with Crippen molar-refractivity contribution in [3.63, 3.8) is 0 Å². The number of hydrogen-bond donors (Lipinski definition) is 2. The molecule has 0 bridgehead atoms. The monoisotopic (exact) mass is 375 g/mol. The van der Waals surface area contributed by atoms with Crippen LogP contribution in [0.25, 0.3) is 0 Å². The van der Waals surface area contributed by atoms with Crippen LogP contribution in [0.4, 0.5) is 0 Å². The second-order valence-corrected chi connectivity index (χ2v) is 7.37. The number of nitrogens with one attached hydrogen (secondary N) is 1. The lowest BCUT2D eigenvalue weighted by Gasteiger charge is -2.36. The first-order valence-electron chi connectivity index (χ1n) is 8.68. The lowest BCUT2D eigenvalue weighted by Crippen LogP contribution is -2.53. The van der Waals surface area contributed by atoms with Gasteiger partial charge in [-0.2, -0.15) is 0 Å². The minimum atomic E-state index is -0.614. The van der Waals surface area contributed by atoms with Gasteiger partial charge in [0.1, 0.15) is 18.1 Å². The van der Waals surface area contributed by atoms with Gasteiger partial charge in [-0.15, -0.1) is 11.3 Å². The van der Waals surface area contributed by atoms with Crippen molar-refractivity contribution in [3.05, 3.63) is 40.3 Å². The van der Waals surface area contributed by atoms with Crippen LogP contribution in [0.5, 0.6) is 11.5 Å². The normalized spacial score (nSPS) is 22.8. The van der Waals surface area contributed by atoms with Crippen molar-refractivity contribution in [3.8, 4) is 11.5 Å². The highest BCUT2D eigenvalue weighted by atomic mass is 32.1. The molecule has 2 aromatic rings. The Morgan fingerprint density at radius 2 is 2.31 bits per heavy atom. The SMILES string of the molecule is O=C(N[C@@H]1CCN(Cc2cccnc2)C[C@H]1O)c1scc2c1OCCO2. The van der Waals surface area contributed by atoms with Crippen LogP contribution in [-0.4, -0.2) is 59.3 Å². The number of likely N-dealkylation sites (tertiary alicyclic amines) is 1. The molecule has 2 aromatic heterocycles. The molecule has 4 heterocycles. The molecule has 0 radical (unpaired) electrons. The summed E-state index contributed by atoms with van der Waals surface area (Å²) in [6, 6.07) is 3.66. The topological polar surface area (TPSA) is 83.9 Å². The molecule has 26 heavy (non-hydrogen) atoms. The van der Waals surface area contributed by atoms with E-state index in [2.05, 4.69) is 15.2 Å². The molecule has 1 fully saturated rings. The molecule has 0 aromatic carbocycles. The van der Waals surface area contributed by atoms with Crippen LogP contribution in [0.3, 0.4) is 0 Å². The molecule has 2 aliphatic heterocycles. The Bertz CT molecular complexity index is 767. The third-order valence-electron chi connectivity index (χ3n) is 4.62. The zero-order valence-corrected chi connectivity index (χ0v) is 15.1. The van der Waals surface area contributed by atoms with Crippen LogP contribution in [-0.2, 0) is 6.54 Å². The standard InChI is InChI=1S/C18H21N3O4S/c22-14-10-21(9-12-2-1-4-19-8-12)5-3-13(14)20-18(23)17-16-15(11-26-17)24-6-7-25-16/h1-2,4,8,11,13-14,22H,3,5-7,9-10H2,(H,20,23)/t13-,14-/m1/s1. The smallest absolute Gasteiger partial charge is 0.265 e. The predicted octanol–water partition coefficient (Wildman–Crippen LogP) is 1.28. The number of aliphatic hydroxyl groups is 1. The lowest BCUT2D eigenvalue weighted by molar-refractivity contribution is 0.0349. The Kier molecular flexibility index (Phi) is 5.05. The summed E-state index contributed by atoms with van der Waals surface area (Å²) < 4.78 is 11.0. The summed E-state index contributed by atoms with van der Waals surface area (Å²) in [6.45, 7) is 3.01. The Balaban J connectivity index is 1.35. The minimum Gasteiger partial charge on any atom is -0.485 e. The molecule has 4 rings (SSSR count). The van der Waals surface area contributed by atoms with Crippen LogP contribution >= 0.6 is 11.3 Å². The summed E-state index contributed by atoms with van der Waals surface area (Å²) in [5.41, 5.74) is 1.12. The van der Waals surface area contributed by atoms with Gasteiger partial charge in [0.15, 0.2) is 11.5 Å². The van der Waals surface area contributed by atoms with Crippen molar-refractivity contribution in [1.82, 2.24) is 15.2 Å². The van der Waals surface area contributed by atoms with E-state index in [9.17, 15) is 9.90 Å². The fourth-order valence-electron chi connectivity index (χ4n) is 3.31. The Morgan fingerprint density at radius 3 is 3.12 bits per heavy atom. The van der Waals surface area contributed by atoms with E-state index in [1.807, 2.05) is 18.3 Å². The maximum Gasteiger partial charge on any atom is 0.265 e. The zero-order chi connectivity index (χ0) is 17.9. The van der Waals surface area contributed by atoms with E-state index in [0.717, 1.165) is 18.7 Å². The number of rotatable bonds is 4. The number of ether oxygens (including phenoxy) is 2. The van der Waals surface area contributed by atoms with Crippen LogP contribution in [0, 0.1) is 0 Å². The Hall–Kier alpha value is -2.16. The van der Waals surface area contributed by atoms with Crippen molar-refractivity contribution in [1.29, 1.82) is 0 Å². The molecule has 1 saturated heterocycles. The van der Waals surface area contributed by atoms with Crippen molar-refractivity contribution >= 4 is 17.2 Å². The van der Waals surface area contributed by atoms with Gasteiger partial charge in [0.05, 0.1) is 12.1 Å². The van der Waals surface area contributed by atoms with Gasteiger partial charge in [-0.3, -0.25) is 14.7 Å². The maximum atomic E-state index is 12.6. The number of thiophene rings is 1. The van der Waals surface area contributed by atoms with Gasteiger partial charge in [0, 0.05) is 37.4 Å². The molecule has 2 N–H and O–H groups in total. The van der Waals surface area contributed by atoms with Gasteiger partial charge in [0.25, 0.3) is 5.91 Å². The number of nitrogens with zero attached hydrogens (tertiary/aromatic N) is 2. The summed E-state index contributed by atoms with van der Waals surface area (Å²) in [6.07, 6.45) is 3.66. The van der Waals surface area contributed by atoms with E-state index in [1.54, 1.807) is 11.6 Å². The van der Waals surface area contributed by atoms with Gasteiger partial charge in [-0.25, -0.2) is 0 Å². The molecule has 2 atom stereocenters. The Morgan fingerprint density at radius 1 is 1.42 bits per heavy atom. The van der Waals surface area contributed by atoms with Crippen LogP contribution in [0.2, 0.25) is 0 Å². The average molecular weight is 375 g/mol. The van der Waals surface area contributed by atoms with Crippen molar-refractivity contribution in [2.24, 2.45) is 0 Å². The van der Waals surface area contributed by atoms with E-state index >= 15 is 0 Å². The van der Waals surface area contributed by atoms with Crippen LogP contribution in [0.15, 0.2) is 29.9 Å². The van der Waals surface area contributed by atoms with Gasteiger partial charge in [-0.05, 0) is 18.1 Å². The lowest BCUT2D eigenvalue weighted by atomic mass is 10.0. The van der Waals surface area contributed by atoms with Crippen molar-refractivity contribution < 1.29 is 19.4 Å². The number of carbonyl (C=O) groups excluding carboxylic acids is 1. The van der Waals surface area contributed by atoms with E-state index in [1.165, 1.54) is 11.3 Å². The molecule has 0 aliphatic carbocycles. The quantitative estimate of drug-likeness (QED) is 0.838. The summed E-state index contributed by atoms with van der Waals surface area (Å²) in [5.74, 6) is 0.923. The van der Waals surface area contributed by atoms with Crippen LogP contribution in [0.1, 0.15) is 21.7 Å². The first kappa shape index (κ1) is 17.3. The summed E-state index contributed by atoms with van der Waals surface area (Å²) in [7, 11) is 0. The fourth-order valence-corrected chi connectivity index (χ4v) is 4.14. The molecule has 0 saturated carbocycles. The highest BCUT2D eigenvalue weighted by molar-refractivity contribution is 7.12. The highest BCUT2D eigenvalue weighted by Gasteiger charge is 2.31. The van der Waals surface area contributed by atoms with E-state index in [4.69, 9.17) is 9.47 Å². The number of hydrogen-bond acceptors (Lipinski definition) is 7. The van der Waals surface area contributed by atoms with E-state index in [0.29, 0.717) is 42.6 Å². The summed E-state index contributed by atoms with van der Waals surface area (Å²) in [4.78, 5) is 19.4. The summed E-state index contributed by atoms with van der Waals surface area (Å²) in [5, 5.41) is 15.2. The van der Waals surface area contributed by atoms with Crippen molar-refractivity contribution in [2.45, 2.75) is 25.1 Å². The second kappa shape index (κ2) is 7.61. The first-order valence-corrected chi connectivity index (χ1v) is 9.56. The minimum absolute atomic E-state index is 0.216. The molecule has 2 aliphatic rings. The van der Waals surface area contributed by atoms with E-state index in [-0.39, 0.29) is 11.9 Å². The zero-order valence-electron chi connectivity index (χ0n) is 14.3.